The van der Waals surface area contributed by atoms with Crippen molar-refractivity contribution in [2.75, 3.05) is 26.8 Å². The van der Waals surface area contributed by atoms with Crippen molar-refractivity contribution in [2.45, 2.75) is 39.3 Å². The number of amides is 1. The number of rotatable bonds is 6. The summed E-state index contributed by atoms with van der Waals surface area (Å²) in [6, 6.07) is 6.98. The number of likely N-dealkylation sites (tertiary alicyclic amines) is 1. The minimum absolute atomic E-state index is 0.0450. The van der Waals surface area contributed by atoms with Crippen molar-refractivity contribution in [1.82, 2.24) is 14.0 Å². The molecule has 2 aromatic rings. The summed E-state index contributed by atoms with van der Waals surface area (Å²) in [5, 5.41) is 0.453. The molecule has 0 bridgehead atoms. The molecule has 1 amide bonds. The lowest BCUT2D eigenvalue weighted by atomic mass is 10.0. The molecule has 0 unspecified atom stereocenters. The van der Waals surface area contributed by atoms with E-state index in [1.165, 1.54) is 9.13 Å². The first-order valence-electron chi connectivity index (χ1n) is 9.52. The Hall–Kier alpha value is -2.41. The van der Waals surface area contributed by atoms with Gasteiger partial charge in [0.05, 0.1) is 10.9 Å². The Balaban J connectivity index is 1.99. The lowest BCUT2D eigenvalue weighted by Crippen LogP contribution is -2.45. The predicted molar refractivity (Wildman–Crippen MR) is 104 cm³/mol. The molecule has 0 spiro atoms. The standard InChI is InChI=1S/C20H27N3O4/c1-15-7-5-10-21(13-15)18(24)14-23-17-9-4-3-8-16(17)19(25)22(20(23)26)11-6-12-27-2/h3-4,8-9,15H,5-7,10-14H2,1-2H3/t15-/m1/s1. The second kappa shape index (κ2) is 8.52. The van der Waals surface area contributed by atoms with Crippen LogP contribution in [0.5, 0.6) is 0 Å². The molecule has 2 heterocycles. The molecule has 1 fully saturated rings. The van der Waals surface area contributed by atoms with Crippen molar-refractivity contribution in [3.8, 4) is 0 Å². The van der Waals surface area contributed by atoms with Crippen LogP contribution in [0.2, 0.25) is 0 Å². The molecular weight excluding hydrogens is 346 g/mol. The summed E-state index contributed by atoms with van der Waals surface area (Å²) < 4.78 is 7.68. The first-order valence-corrected chi connectivity index (χ1v) is 9.52. The van der Waals surface area contributed by atoms with Gasteiger partial charge in [-0.25, -0.2) is 4.79 Å². The summed E-state index contributed by atoms with van der Waals surface area (Å²) in [7, 11) is 1.58. The van der Waals surface area contributed by atoms with Crippen molar-refractivity contribution in [3.63, 3.8) is 0 Å². The molecule has 1 aliphatic rings. The Kier molecular flexibility index (Phi) is 6.11. The van der Waals surface area contributed by atoms with Crippen LogP contribution in [0.25, 0.3) is 10.9 Å². The monoisotopic (exact) mass is 373 g/mol. The minimum atomic E-state index is -0.437. The van der Waals surface area contributed by atoms with Gasteiger partial charge in [0.25, 0.3) is 5.56 Å². The van der Waals surface area contributed by atoms with Gasteiger partial charge >= 0.3 is 5.69 Å². The lowest BCUT2D eigenvalue weighted by Gasteiger charge is -2.31. The molecule has 7 heteroatoms. The van der Waals surface area contributed by atoms with Crippen LogP contribution >= 0.6 is 0 Å². The topological polar surface area (TPSA) is 73.5 Å². The second-order valence-corrected chi connectivity index (χ2v) is 7.28. The highest BCUT2D eigenvalue weighted by molar-refractivity contribution is 5.81. The fourth-order valence-electron chi connectivity index (χ4n) is 3.74. The van der Waals surface area contributed by atoms with E-state index >= 15 is 0 Å². The van der Waals surface area contributed by atoms with Gasteiger partial charge in [-0.05, 0) is 37.3 Å². The largest absolute Gasteiger partial charge is 0.385 e. The van der Waals surface area contributed by atoms with Crippen LogP contribution in [0.3, 0.4) is 0 Å². The zero-order valence-corrected chi connectivity index (χ0v) is 16.0. The zero-order chi connectivity index (χ0) is 19.4. The molecule has 0 N–H and O–H groups in total. The number of benzene rings is 1. The Bertz CT molecular complexity index is 931. The fourth-order valence-corrected chi connectivity index (χ4v) is 3.74. The maximum atomic E-state index is 13.0. The van der Waals surface area contributed by atoms with Gasteiger partial charge in [-0.3, -0.25) is 18.7 Å². The number of fused-ring (bicyclic) bond motifs is 1. The van der Waals surface area contributed by atoms with Crippen LogP contribution in [0.1, 0.15) is 26.2 Å². The summed E-state index contributed by atoms with van der Waals surface area (Å²) in [5.41, 5.74) is -0.246. The van der Waals surface area contributed by atoms with Gasteiger partial charge < -0.3 is 9.64 Å². The number of piperidine rings is 1. The number of carbonyl (C=O) groups is 1. The summed E-state index contributed by atoms with van der Waals surface area (Å²) >= 11 is 0. The summed E-state index contributed by atoms with van der Waals surface area (Å²) in [6.07, 6.45) is 2.66. The summed E-state index contributed by atoms with van der Waals surface area (Å²) in [4.78, 5) is 40.4. The molecule has 1 aliphatic heterocycles. The molecule has 27 heavy (non-hydrogen) atoms. The van der Waals surface area contributed by atoms with Crippen LogP contribution in [-0.4, -0.2) is 46.7 Å². The highest BCUT2D eigenvalue weighted by Gasteiger charge is 2.23. The van der Waals surface area contributed by atoms with E-state index < -0.39 is 5.69 Å². The smallest absolute Gasteiger partial charge is 0.331 e. The van der Waals surface area contributed by atoms with Crippen LogP contribution < -0.4 is 11.2 Å². The van der Waals surface area contributed by atoms with Gasteiger partial charge in [0.1, 0.15) is 6.54 Å². The van der Waals surface area contributed by atoms with Crippen LogP contribution in [0.4, 0.5) is 0 Å². The second-order valence-electron chi connectivity index (χ2n) is 7.28. The van der Waals surface area contributed by atoms with Crippen LogP contribution in [0, 0.1) is 5.92 Å². The van der Waals surface area contributed by atoms with Gasteiger partial charge in [-0.1, -0.05) is 19.1 Å². The minimum Gasteiger partial charge on any atom is -0.385 e. The van der Waals surface area contributed by atoms with E-state index in [4.69, 9.17) is 4.74 Å². The molecule has 3 rings (SSSR count). The van der Waals surface area contributed by atoms with E-state index in [-0.39, 0.29) is 24.6 Å². The van der Waals surface area contributed by atoms with Crippen LogP contribution in [-0.2, 0) is 22.6 Å². The van der Waals surface area contributed by atoms with E-state index in [1.807, 2.05) is 4.90 Å². The third kappa shape index (κ3) is 4.13. The van der Waals surface area contributed by atoms with Crippen LogP contribution in [0.15, 0.2) is 33.9 Å². The third-order valence-electron chi connectivity index (χ3n) is 5.17. The van der Waals surface area contributed by atoms with Crippen molar-refractivity contribution in [3.05, 3.63) is 45.1 Å². The quantitative estimate of drug-likeness (QED) is 0.719. The van der Waals surface area contributed by atoms with Gasteiger partial charge in [-0.15, -0.1) is 0 Å². The molecule has 1 aromatic carbocycles. The Morgan fingerprint density at radius 2 is 2.00 bits per heavy atom. The van der Waals surface area contributed by atoms with E-state index in [0.29, 0.717) is 29.8 Å². The predicted octanol–water partition coefficient (Wildman–Crippen LogP) is 1.46. The summed E-state index contributed by atoms with van der Waals surface area (Å²) in [6.45, 7) is 4.27. The normalized spacial score (nSPS) is 17.4. The average molecular weight is 373 g/mol. The van der Waals surface area contributed by atoms with Crippen molar-refractivity contribution in [1.29, 1.82) is 0 Å². The number of ether oxygens (including phenoxy) is 1. The van der Waals surface area contributed by atoms with E-state index in [0.717, 1.165) is 25.9 Å². The summed E-state index contributed by atoms with van der Waals surface area (Å²) in [5.74, 6) is 0.398. The maximum Gasteiger partial charge on any atom is 0.331 e. The third-order valence-corrected chi connectivity index (χ3v) is 5.17. The zero-order valence-electron chi connectivity index (χ0n) is 16.0. The number of carbonyl (C=O) groups excluding carboxylic acids is 1. The van der Waals surface area contributed by atoms with Gasteiger partial charge in [0.2, 0.25) is 5.91 Å². The van der Waals surface area contributed by atoms with Gasteiger partial charge in [0.15, 0.2) is 0 Å². The maximum absolute atomic E-state index is 13.0. The lowest BCUT2D eigenvalue weighted by molar-refractivity contribution is -0.133. The first-order chi connectivity index (χ1) is 13.0. The molecule has 1 atom stereocenters. The molecule has 0 saturated carbocycles. The molecular formula is C20H27N3O4. The van der Waals surface area contributed by atoms with Gasteiger partial charge in [0, 0.05) is 33.4 Å². The van der Waals surface area contributed by atoms with Crippen molar-refractivity contribution < 1.29 is 9.53 Å². The number of hydrogen-bond acceptors (Lipinski definition) is 4. The Morgan fingerprint density at radius 1 is 1.22 bits per heavy atom. The Labute approximate surface area is 158 Å². The first kappa shape index (κ1) is 19.4. The molecule has 146 valence electrons. The number of hydrogen-bond donors (Lipinski definition) is 0. The van der Waals surface area contributed by atoms with E-state index in [1.54, 1.807) is 31.4 Å². The van der Waals surface area contributed by atoms with Crippen molar-refractivity contribution in [2.24, 2.45) is 5.92 Å². The van der Waals surface area contributed by atoms with E-state index in [2.05, 4.69) is 6.92 Å². The molecule has 1 saturated heterocycles. The highest BCUT2D eigenvalue weighted by atomic mass is 16.5. The fraction of sp³-hybridized carbons (Fsp3) is 0.550. The van der Waals surface area contributed by atoms with E-state index in [9.17, 15) is 14.4 Å². The van der Waals surface area contributed by atoms with Gasteiger partial charge in [-0.2, -0.15) is 0 Å². The Morgan fingerprint density at radius 3 is 2.74 bits per heavy atom. The molecule has 0 aliphatic carbocycles. The highest BCUT2D eigenvalue weighted by Crippen LogP contribution is 2.16. The SMILES string of the molecule is COCCCn1c(=O)c2ccccc2n(CC(=O)N2CCC[C@@H](C)C2)c1=O. The molecule has 0 radical (unpaired) electrons. The molecule has 1 aromatic heterocycles. The number of methoxy groups -OCH3 is 1. The average Bonchev–Trinajstić information content (AvgIpc) is 2.67. The molecule has 7 nitrogen and oxygen atoms in total. The van der Waals surface area contributed by atoms with Crippen molar-refractivity contribution >= 4 is 16.8 Å². The number of nitrogens with zero attached hydrogens (tertiary/aromatic N) is 3. The number of para-hydroxylation sites is 1. The number of aromatic nitrogens is 2.